The molecule has 1 aromatic heterocycles. The average Bonchev–Trinajstić information content (AvgIpc) is 3.02. The minimum absolute atomic E-state index is 0.0394. The van der Waals surface area contributed by atoms with Crippen LogP contribution in [0.15, 0.2) is 0 Å². The van der Waals surface area contributed by atoms with Crippen LogP contribution in [0.4, 0.5) is 5.00 Å². The van der Waals surface area contributed by atoms with Crippen molar-refractivity contribution >= 4 is 28.2 Å². The lowest BCUT2D eigenvalue weighted by Crippen LogP contribution is -2.23. The standard InChI is InChI=1S/C16H24N2O3S/c1-4-12-9(3)22-15(13(12)16(20)21-5-2)18-14(19)10-6-7-11(17)8-10/h10-11H,4-8,17H2,1-3H3,(H,18,19). The molecule has 5 nitrogen and oxygen atoms in total. The third-order valence-electron chi connectivity index (χ3n) is 4.12. The van der Waals surface area contributed by atoms with E-state index in [1.165, 1.54) is 11.3 Å². The number of ether oxygens (including phenoxy) is 1. The fourth-order valence-electron chi connectivity index (χ4n) is 2.98. The molecule has 0 aromatic carbocycles. The molecule has 22 heavy (non-hydrogen) atoms. The molecular formula is C16H24N2O3S. The molecule has 0 aliphatic heterocycles. The van der Waals surface area contributed by atoms with Gasteiger partial charge in [-0.3, -0.25) is 4.79 Å². The molecule has 1 amide bonds. The molecule has 1 saturated carbocycles. The van der Waals surface area contributed by atoms with Crippen molar-refractivity contribution in [3.05, 3.63) is 16.0 Å². The molecule has 122 valence electrons. The highest BCUT2D eigenvalue weighted by Crippen LogP contribution is 2.35. The van der Waals surface area contributed by atoms with Crippen molar-refractivity contribution in [1.29, 1.82) is 0 Å². The Balaban J connectivity index is 2.23. The molecule has 2 atom stereocenters. The molecule has 2 rings (SSSR count). The first-order valence-corrected chi connectivity index (χ1v) is 8.65. The lowest BCUT2D eigenvalue weighted by molar-refractivity contribution is -0.119. The fraction of sp³-hybridized carbons (Fsp3) is 0.625. The number of aryl methyl sites for hydroxylation is 1. The molecule has 1 fully saturated rings. The predicted molar refractivity (Wildman–Crippen MR) is 88.3 cm³/mol. The van der Waals surface area contributed by atoms with Crippen molar-refractivity contribution in [3.8, 4) is 0 Å². The Bertz CT molecular complexity index is 568. The minimum Gasteiger partial charge on any atom is -0.462 e. The summed E-state index contributed by atoms with van der Waals surface area (Å²) in [5.74, 6) is -0.456. The lowest BCUT2D eigenvalue weighted by Gasteiger charge is -2.11. The Morgan fingerprint density at radius 3 is 2.64 bits per heavy atom. The topological polar surface area (TPSA) is 81.4 Å². The van der Waals surface area contributed by atoms with Crippen LogP contribution in [0.25, 0.3) is 0 Å². The third-order valence-corrected chi connectivity index (χ3v) is 5.19. The van der Waals surface area contributed by atoms with Crippen LogP contribution in [0, 0.1) is 12.8 Å². The Morgan fingerprint density at radius 2 is 2.09 bits per heavy atom. The second-order valence-electron chi connectivity index (χ2n) is 5.67. The monoisotopic (exact) mass is 324 g/mol. The van der Waals surface area contributed by atoms with E-state index >= 15 is 0 Å². The molecule has 1 aliphatic carbocycles. The van der Waals surface area contributed by atoms with Crippen LogP contribution in [-0.2, 0) is 16.0 Å². The molecule has 6 heteroatoms. The predicted octanol–water partition coefficient (Wildman–Crippen LogP) is 2.86. The normalized spacial score (nSPS) is 20.9. The molecular weight excluding hydrogens is 300 g/mol. The fourth-order valence-corrected chi connectivity index (χ4v) is 4.12. The summed E-state index contributed by atoms with van der Waals surface area (Å²) < 4.78 is 5.14. The number of rotatable bonds is 5. The van der Waals surface area contributed by atoms with Crippen LogP contribution in [0.5, 0.6) is 0 Å². The van der Waals surface area contributed by atoms with E-state index < -0.39 is 0 Å². The second kappa shape index (κ2) is 7.24. The summed E-state index contributed by atoms with van der Waals surface area (Å²) in [5, 5.41) is 3.54. The summed E-state index contributed by atoms with van der Waals surface area (Å²) in [5.41, 5.74) is 7.35. The smallest absolute Gasteiger partial charge is 0.341 e. The first kappa shape index (κ1) is 17.0. The van der Waals surface area contributed by atoms with Crippen molar-refractivity contribution in [2.75, 3.05) is 11.9 Å². The third kappa shape index (κ3) is 3.50. The number of nitrogens with two attached hydrogens (primary N) is 1. The van der Waals surface area contributed by atoms with Crippen molar-refractivity contribution < 1.29 is 14.3 Å². The van der Waals surface area contributed by atoms with E-state index in [1.54, 1.807) is 6.92 Å². The van der Waals surface area contributed by atoms with Gasteiger partial charge in [0.1, 0.15) is 5.00 Å². The van der Waals surface area contributed by atoms with Crippen LogP contribution in [0.1, 0.15) is 53.9 Å². The highest BCUT2D eigenvalue weighted by Gasteiger charge is 2.30. The number of carbonyl (C=O) groups is 2. The minimum atomic E-state index is -0.359. The van der Waals surface area contributed by atoms with Crippen LogP contribution in [-0.4, -0.2) is 24.5 Å². The SMILES string of the molecule is CCOC(=O)c1c(NC(=O)C2CCC(N)C2)sc(C)c1CC. The van der Waals surface area contributed by atoms with Crippen molar-refractivity contribution in [1.82, 2.24) is 0 Å². The summed E-state index contributed by atoms with van der Waals surface area (Å²) >= 11 is 1.44. The Morgan fingerprint density at radius 1 is 1.36 bits per heavy atom. The molecule has 0 saturated heterocycles. The molecule has 0 spiro atoms. The van der Waals surface area contributed by atoms with E-state index in [2.05, 4.69) is 5.32 Å². The first-order chi connectivity index (χ1) is 10.5. The van der Waals surface area contributed by atoms with E-state index in [9.17, 15) is 9.59 Å². The molecule has 0 radical (unpaired) electrons. The Labute approximate surface area is 135 Å². The van der Waals surface area contributed by atoms with Gasteiger partial charge in [0.15, 0.2) is 0 Å². The number of esters is 1. The summed E-state index contributed by atoms with van der Waals surface area (Å²) in [6, 6.07) is 0.108. The second-order valence-corrected chi connectivity index (χ2v) is 6.90. The number of amides is 1. The number of carbonyl (C=O) groups excluding carboxylic acids is 2. The maximum Gasteiger partial charge on any atom is 0.341 e. The van der Waals surface area contributed by atoms with Crippen molar-refractivity contribution in [2.45, 2.75) is 52.5 Å². The molecule has 1 aromatic rings. The van der Waals surface area contributed by atoms with Gasteiger partial charge in [-0.05, 0) is 45.1 Å². The highest BCUT2D eigenvalue weighted by atomic mass is 32.1. The van der Waals surface area contributed by atoms with Gasteiger partial charge < -0.3 is 15.8 Å². The quantitative estimate of drug-likeness (QED) is 0.816. The van der Waals surface area contributed by atoms with Crippen LogP contribution in [0.3, 0.4) is 0 Å². The van der Waals surface area contributed by atoms with Crippen LogP contribution < -0.4 is 11.1 Å². The van der Waals surface area contributed by atoms with Gasteiger partial charge in [0.25, 0.3) is 0 Å². The van der Waals surface area contributed by atoms with Gasteiger partial charge in [0.05, 0.1) is 12.2 Å². The molecule has 0 bridgehead atoms. The zero-order valence-corrected chi connectivity index (χ0v) is 14.2. The van der Waals surface area contributed by atoms with Gasteiger partial charge in [0, 0.05) is 16.8 Å². The number of thiophene rings is 1. The zero-order chi connectivity index (χ0) is 16.3. The Kier molecular flexibility index (Phi) is 5.58. The van der Waals surface area contributed by atoms with Crippen LogP contribution in [0.2, 0.25) is 0 Å². The molecule has 1 heterocycles. The zero-order valence-electron chi connectivity index (χ0n) is 13.4. The summed E-state index contributed by atoms with van der Waals surface area (Å²) in [6.07, 6.45) is 3.14. The number of anilines is 1. The summed E-state index contributed by atoms with van der Waals surface area (Å²) in [6.45, 7) is 6.06. The van der Waals surface area contributed by atoms with E-state index in [0.29, 0.717) is 23.6 Å². The van der Waals surface area contributed by atoms with Gasteiger partial charge >= 0.3 is 5.97 Å². The number of hydrogen-bond donors (Lipinski definition) is 2. The largest absolute Gasteiger partial charge is 0.462 e. The van der Waals surface area contributed by atoms with Crippen LogP contribution >= 0.6 is 11.3 Å². The summed E-state index contributed by atoms with van der Waals surface area (Å²) in [7, 11) is 0. The van der Waals surface area contributed by atoms with Gasteiger partial charge in [-0.15, -0.1) is 11.3 Å². The van der Waals surface area contributed by atoms with Crippen molar-refractivity contribution in [3.63, 3.8) is 0 Å². The lowest BCUT2D eigenvalue weighted by atomic mass is 10.1. The average molecular weight is 324 g/mol. The number of hydrogen-bond acceptors (Lipinski definition) is 5. The summed E-state index contributed by atoms with van der Waals surface area (Å²) in [4.78, 5) is 25.7. The van der Waals surface area contributed by atoms with E-state index in [4.69, 9.17) is 10.5 Å². The van der Waals surface area contributed by atoms with E-state index in [0.717, 1.165) is 29.7 Å². The highest BCUT2D eigenvalue weighted by molar-refractivity contribution is 7.16. The maximum atomic E-state index is 12.4. The number of nitrogens with one attached hydrogen (secondary N) is 1. The Hall–Kier alpha value is -1.40. The molecule has 1 aliphatic rings. The van der Waals surface area contributed by atoms with Gasteiger partial charge in [-0.2, -0.15) is 0 Å². The van der Waals surface area contributed by atoms with Gasteiger partial charge in [0.2, 0.25) is 5.91 Å². The maximum absolute atomic E-state index is 12.4. The first-order valence-electron chi connectivity index (χ1n) is 7.83. The van der Waals surface area contributed by atoms with Gasteiger partial charge in [-0.1, -0.05) is 6.92 Å². The molecule has 3 N–H and O–H groups in total. The molecule has 2 unspecified atom stereocenters. The van der Waals surface area contributed by atoms with Gasteiger partial charge in [-0.25, -0.2) is 4.79 Å². The van der Waals surface area contributed by atoms with E-state index in [1.807, 2.05) is 13.8 Å². The van der Waals surface area contributed by atoms with E-state index in [-0.39, 0.29) is 23.8 Å². The van der Waals surface area contributed by atoms with Crippen molar-refractivity contribution in [2.24, 2.45) is 11.7 Å².